The van der Waals surface area contributed by atoms with Gasteiger partial charge in [-0.25, -0.2) is 45.3 Å². The summed E-state index contributed by atoms with van der Waals surface area (Å²) in [7, 11) is 8.74. The number of aromatic nitrogens is 14. The van der Waals surface area contributed by atoms with E-state index in [1.165, 1.54) is 106 Å². The highest BCUT2D eigenvalue weighted by Crippen LogP contribution is 2.61. The van der Waals surface area contributed by atoms with Crippen molar-refractivity contribution in [2.75, 3.05) is 123 Å². The number of piperazine rings is 2. The Labute approximate surface area is 808 Å². The monoisotopic (exact) mass is 2170 g/mol. The fourth-order valence-electron chi connectivity index (χ4n) is 10.6. The fraction of sp³-hybridized carbons (Fsp3) is 0.324. The van der Waals surface area contributed by atoms with Crippen molar-refractivity contribution in [1.29, 1.82) is 0 Å². The number of anilines is 4. The van der Waals surface area contributed by atoms with Crippen molar-refractivity contribution < 1.29 is 145 Å². The molecule has 15 rings (SSSR count). The molecule has 7 aromatic heterocycles. The first-order valence-electron chi connectivity index (χ1n) is 38.0. The maximum atomic E-state index is 12.5. The number of hydrazine groups is 2. The summed E-state index contributed by atoms with van der Waals surface area (Å²) in [6, 6.07) is 21.4. The Morgan fingerprint density at radius 2 is 0.786 bits per heavy atom. The molecule has 9 heterocycles. The van der Waals surface area contributed by atoms with Gasteiger partial charge in [0.2, 0.25) is 5.65 Å². The first kappa shape index (κ1) is 119. The predicted molar refractivity (Wildman–Crippen MR) is 476 cm³/mol. The predicted octanol–water partition coefficient (Wildman–Crippen LogP) is 15.4. The normalized spacial score (nSPS) is 12.9. The number of ether oxygens (including phenoxy) is 11. The molecule has 0 bridgehead atoms. The van der Waals surface area contributed by atoms with E-state index in [1.54, 1.807) is 18.2 Å². The average molecular weight is 2180 g/mol. The Kier molecular flexibility index (Phi) is 46.0. The van der Waals surface area contributed by atoms with Crippen LogP contribution in [-0.4, -0.2) is 236 Å². The second-order valence-corrected chi connectivity index (χ2v) is 34.2. The zero-order valence-corrected chi connectivity index (χ0v) is 78.4. The molecule has 14 N–H and O–H groups in total. The van der Waals surface area contributed by atoms with Gasteiger partial charge in [0, 0.05) is 110 Å². The van der Waals surface area contributed by atoms with E-state index in [1.807, 2.05) is 0 Å². The minimum absolute atomic E-state index is 0.0105. The molecule has 0 spiro atoms. The minimum Gasteiger partial charge on any atom is -0.458 e. The van der Waals surface area contributed by atoms with Gasteiger partial charge in [-0.05, 0) is 134 Å². The van der Waals surface area contributed by atoms with Crippen molar-refractivity contribution in [3.8, 4) is 34.5 Å². The maximum absolute atomic E-state index is 12.5. The quantitative estimate of drug-likeness (QED) is 0.00756. The van der Waals surface area contributed by atoms with Crippen molar-refractivity contribution in [2.24, 2.45) is 17.5 Å². The van der Waals surface area contributed by atoms with E-state index in [9.17, 15) is 103 Å². The topological polar surface area (TPSA) is 520 Å². The molecule has 66 heteroatoms. The lowest BCUT2D eigenvalue weighted by Gasteiger charge is -2.33. The third kappa shape index (κ3) is 42.3. The third-order valence-electron chi connectivity index (χ3n) is 16.2. The summed E-state index contributed by atoms with van der Waals surface area (Å²) < 4.78 is 274. The molecular formula is C74H76Cl7F18N24O16P. The van der Waals surface area contributed by atoms with Crippen LogP contribution in [0.25, 0.3) is 66.5 Å². The Hall–Kier alpha value is -11.9. The highest BCUT2D eigenvalue weighted by molar-refractivity contribution is 8.24. The van der Waals surface area contributed by atoms with Crippen molar-refractivity contribution in [2.45, 2.75) is 58.5 Å². The molecule has 2 saturated heterocycles. The standard InChI is InChI=1S/C15H15F3N6O.C10H4ClF3N4O.C9H3Cl2F3N2O.C9H6ClF3N4O.C9H5F3N2O3.C7H7F3N2O.C6H10O4.C5H12N2.C4H10O3.Cl3OP.H4N2/c1-22-4-6-23(7-5-22)13-14-21-19-9-24(14)12-8-10(25-15(16,17)18)2-3-11(12)20-13;11-8-9-17-15-4-18(9)7-3-5(19-10(12,13)14)1-2-6(7)16-8;10-7-8(11)16-6-3-4(17-9(12,13)14)1-2-5(6)15-7;10-7-8(17-14)16-6-3-4(18-9(11,12)13)1-2-5(6)15-7;10-9(11,12)17-4-1-2-5-6(3-4)14-8(16)7(15)13-5;8-7(9,10)13-4-1-2-5(11)6(12)3-4;1-3-9-5(7)6(8)10-4-2;1-7-4-2-6-3-5-7;1-5-4(6-2)7-3;1-5(2,3)4;1-2/h2-3,8-9H,4-7H2,1H3;1-4H;1-3H;1-3H,14H2,(H,16,17);1-3H,(H,13,15)(H,14,16);1-3H,11-12H2;3-4H2,1-2H3;6H,2-5H2,1H3;4H,1-3H3;;1-2H2. The lowest BCUT2D eigenvalue weighted by atomic mass is 10.2. The SMILES string of the molecule is CCOC(=O)C(=O)OCC.CN1CCN(c2nc3ccc(OC(F)(F)F)cc3n3cnnc23)CC1.CN1CCNCC1.COC(OC)OC.FC(F)(F)Oc1ccc2nc(Cl)c(Cl)nc2c1.FC(F)(F)Oc1ccc2nc(Cl)c3nncn3c2c1.NN.NNc1nc2cc(OC(F)(F)F)ccc2nc1Cl.Nc1ccc(OC(F)(F)F)cc1N.O=P(Cl)(Cl)Cl.O=c1[nH]c2ccc(OC(F)(F)F)cc2[nH]c1=O. The van der Waals surface area contributed by atoms with Crippen LogP contribution in [0.3, 0.4) is 0 Å². The Morgan fingerprint density at radius 1 is 0.443 bits per heavy atom. The molecule has 0 atom stereocenters. The van der Waals surface area contributed by atoms with Crippen molar-refractivity contribution in [1.82, 2.24) is 84.2 Å². The molecule has 0 amide bonds. The summed E-state index contributed by atoms with van der Waals surface area (Å²) in [5, 5.41) is 15.5. The molecule has 40 nitrogen and oxygen atoms in total. The van der Waals surface area contributed by atoms with Gasteiger partial charge in [0.1, 0.15) is 47.2 Å². The highest BCUT2D eigenvalue weighted by atomic mass is 36.0. The van der Waals surface area contributed by atoms with Gasteiger partial charge >= 0.3 is 66.4 Å². The number of esters is 2. The molecule has 2 aliphatic heterocycles. The van der Waals surface area contributed by atoms with E-state index < -0.39 is 90.2 Å². The molecule has 6 aromatic carbocycles. The first-order valence-corrected chi connectivity index (χ1v) is 43.9. The first-order chi connectivity index (χ1) is 65.3. The van der Waals surface area contributed by atoms with Crippen LogP contribution >= 0.6 is 85.3 Å². The molecule has 140 heavy (non-hydrogen) atoms. The number of halogens is 25. The number of hydrogen-bond donors (Lipinski definition) is 9. The smallest absolute Gasteiger partial charge is 0.458 e. The summed E-state index contributed by atoms with van der Waals surface area (Å²) in [5.41, 5.74) is 15.0. The number of benzene rings is 6. The molecule has 13 aromatic rings. The third-order valence-corrected chi connectivity index (χ3v) is 17.4. The second kappa shape index (κ2) is 54.2. The van der Waals surface area contributed by atoms with E-state index in [0.29, 0.717) is 44.6 Å². The number of H-pyrrole nitrogens is 2. The van der Waals surface area contributed by atoms with Gasteiger partial charge in [-0.1, -0.05) is 46.4 Å². The second-order valence-electron chi connectivity index (χ2n) is 26.2. The van der Waals surface area contributed by atoms with Crippen LogP contribution in [0.1, 0.15) is 13.8 Å². The molecule has 0 aliphatic carbocycles. The largest absolute Gasteiger partial charge is 0.573 e. The lowest BCUT2D eigenvalue weighted by Crippen LogP contribution is -2.45. The number of methoxy groups -OCH3 is 3. The summed E-state index contributed by atoms with van der Waals surface area (Å²) in [4.78, 5) is 77.9. The van der Waals surface area contributed by atoms with Gasteiger partial charge in [0.05, 0.1) is 79.8 Å². The number of carbonyl (C=O) groups is 2. The van der Waals surface area contributed by atoms with E-state index in [2.05, 4.69) is 197 Å². The number of nitrogens with two attached hydrogens (primary N) is 5. The van der Waals surface area contributed by atoms with Gasteiger partial charge in [-0.2, -0.15) is 0 Å². The van der Waals surface area contributed by atoms with E-state index >= 15 is 0 Å². The number of nitrogens with one attached hydrogen (secondary N) is 4. The average Bonchev–Trinajstić information content (AvgIpc) is 1.54. The van der Waals surface area contributed by atoms with Crippen LogP contribution in [0.5, 0.6) is 34.5 Å². The number of likely N-dealkylation sites (N-methyl/N-ethyl adjacent to an activating group) is 2. The van der Waals surface area contributed by atoms with Crippen LogP contribution in [0, 0.1) is 0 Å². The number of carbonyl (C=O) groups excluding carboxylic acids is 2. The zero-order valence-electron chi connectivity index (χ0n) is 72.2. The zero-order chi connectivity index (χ0) is 105. The number of nitrogens with zero attached hydrogens (tertiary/aromatic N) is 15. The van der Waals surface area contributed by atoms with Crippen molar-refractivity contribution in [3.05, 3.63) is 163 Å². The van der Waals surface area contributed by atoms with Gasteiger partial charge < -0.3 is 99.0 Å². The van der Waals surface area contributed by atoms with Gasteiger partial charge in [0.15, 0.2) is 37.9 Å². The summed E-state index contributed by atoms with van der Waals surface area (Å²) in [6.45, 7) is 11.3. The van der Waals surface area contributed by atoms with Crippen molar-refractivity contribution in [3.63, 3.8) is 0 Å². The Morgan fingerprint density at radius 3 is 1.18 bits per heavy atom. The number of fused-ring (bicyclic) bond motifs is 9. The van der Waals surface area contributed by atoms with Gasteiger partial charge in [0.25, 0.3) is 6.48 Å². The molecule has 0 saturated carbocycles. The number of rotatable bonds is 13. The number of aromatic amines is 2. The molecule has 768 valence electrons. The fourth-order valence-corrected chi connectivity index (χ4v) is 11.3. The lowest BCUT2D eigenvalue weighted by molar-refractivity contribution is -0.275. The molecular weight excluding hydrogens is 2100 g/mol. The number of alkyl halides is 18. The van der Waals surface area contributed by atoms with Crippen LogP contribution in [0.2, 0.25) is 20.6 Å². The van der Waals surface area contributed by atoms with Crippen LogP contribution in [0.15, 0.2) is 131 Å². The van der Waals surface area contributed by atoms with Gasteiger partial charge in [-0.15, -0.1) is 99.4 Å². The molecule has 0 radical (unpaired) electrons. The molecule has 2 aliphatic rings. The van der Waals surface area contributed by atoms with Gasteiger partial charge in [-0.3, -0.25) is 34.6 Å². The summed E-state index contributed by atoms with van der Waals surface area (Å²) in [6.07, 6.45) is -25.7. The number of hydrogen-bond acceptors (Lipinski definition) is 36. The maximum Gasteiger partial charge on any atom is 0.573 e. The summed E-state index contributed by atoms with van der Waals surface area (Å²) >= 11 is 36.7. The number of nitrogen functional groups attached to an aromatic ring is 3. The Balaban J connectivity index is 0.000000281. The van der Waals surface area contributed by atoms with Crippen LogP contribution in [0.4, 0.5) is 102 Å². The van der Waals surface area contributed by atoms with Crippen LogP contribution in [-0.2, 0) is 37.8 Å². The van der Waals surface area contributed by atoms with E-state index in [0.717, 1.165) is 93.9 Å². The molecule has 0 unspecified atom stereocenters. The highest BCUT2D eigenvalue weighted by Gasteiger charge is 2.36. The summed E-state index contributed by atoms with van der Waals surface area (Å²) in [5.74, 6) is 9.74. The van der Waals surface area contributed by atoms with Crippen LogP contribution < -0.4 is 84.2 Å². The molecule has 2 fully saturated rings. The minimum atomic E-state index is -4.81. The van der Waals surface area contributed by atoms with E-state index in [4.69, 9.17) is 63.7 Å². The van der Waals surface area contributed by atoms with Crippen molar-refractivity contribution >= 4 is 187 Å². The van der Waals surface area contributed by atoms with E-state index in [-0.39, 0.29) is 96.0 Å². The Bertz CT molecular complexity index is 6360.